The Morgan fingerprint density at radius 3 is 2.48 bits per heavy atom. The number of hydrogen-bond acceptors (Lipinski definition) is 2. The second-order valence-corrected chi connectivity index (χ2v) is 6.34. The molecule has 1 aromatic carbocycles. The van der Waals surface area contributed by atoms with Crippen molar-refractivity contribution < 1.29 is 8.78 Å². The van der Waals surface area contributed by atoms with Crippen molar-refractivity contribution in [3.8, 4) is 11.1 Å². The Labute approximate surface area is 121 Å². The summed E-state index contributed by atoms with van der Waals surface area (Å²) in [7, 11) is 0. The van der Waals surface area contributed by atoms with E-state index in [0.717, 1.165) is 24.1 Å². The zero-order valence-electron chi connectivity index (χ0n) is 11.6. The summed E-state index contributed by atoms with van der Waals surface area (Å²) in [5.74, 6) is 0.940. The number of halogens is 2. The number of aromatic amines is 1. The molecule has 4 rings (SSSR count). The summed E-state index contributed by atoms with van der Waals surface area (Å²) >= 11 is 0. The highest BCUT2D eigenvalue weighted by Crippen LogP contribution is 2.54. The molecule has 21 heavy (non-hydrogen) atoms. The average Bonchev–Trinajstić information content (AvgIpc) is 3.11. The van der Waals surface area contributed by atoms with Gasteiger partial charge < -0.3 is 5.73 Å². The van der Waals surface area contributed by atoms with Gasteiger partial charge in [0.2, 0.25) is 0 Å². The number of fused-ring (bicyclic) bond motifs is 2. The highest BCUT2D eigenvalue weighted by Gasteiger charge is 2.42. The zero-order valence-corrected chi connectivity index (χ0v) is 11.6. The van der Waals surface area contributed by atoms with Crippen LogP contribution in [0.1, 0.15) is 37.3 Å². The minimum Gasteiger partial charge on any atom is -0.382 e. The molecule has 2 bridgehead atoms. The minimum absolute atomic E-state index is 0.317. The Hall–Kier alpha value is -1.91. The number of rotatable bonds is 2. The van der Waals surface area contributed by atoms with Gasteiger partial charge in [0, 0.05) is 23.2 Å². The van der Waals surface area contributed by atoms with E-state index in [9.17, 15) is 8.78 Å². The van der Waals surface area contributed by atoms with Crippen LogP contribution in [0, 0.1) is 23.5 Å². The molecule has 0 spiro atoms. The second kappa shape index (κ2) is 4.55. The maximum Gasteiger partial charge on any atom is 0.153 e. The fourth-order valence-electron chi connectivity index (χ4n) is 4.24. The number of anilines is 1. The third-order valence-corrected chi connectivity index (χ3v) is 5.08. The molecule has 110 valence electrons. The van der Waals surface area contributed by atoms with E-state index < -0.39 is 11.6 Å². The molecular weight excluding hydrogens is 272 g/mol. The minimum atomic E-state index is -0.593. The largest absolute Gasteiger partial charge is 0.382 e. The van der Waals surface area contributed by atoms with E-state index in [-0.39, 0.29) is 0 Å². The number of nitrogen functional groups attached to an aromatic ring is 1. The van der Waals surface area contributed by atoms with Gasteiger partial charge in [-0.15, -0.1) is 0 Å². The molecule has 3 nitrogen and oxygen atoms in total. The Morgan fingerprint density at radius 2 is 1.86 bits per heavy atom. The maximum absolute atomic E-state index is 13.5. The number of H-pyrrole nitrogens is 1. The molecule has 0 aliphatic heterocycles. The van der Waals surface area contributed by atoms with Crippen molar-refractivity contribution in [2.75, 3.05) is 5.73 Å². The maximum atomic E-state index is 13.5. The fourth-order valence-corrected chi connectivity index (χ4v) is 4.24. The van der Waals surface area contributed by atoms with E-state index in [1.54, 1.807) is 0 Å². The Balaban J connectivity index is 1.80. The molecule has 2 aliphatic carbocycles. The van der Waals surface area contributed by atoms with E-state index in [4.69, 9.17) is 5.73 Å². The molecule has 5 heteroatoms. The molecule has 3 unspecified atom stereocenters. The molecular formula is C16H17F2N3. The third-order valence-electron chi connectivity index (χ3n) is 5.08. The van der Waals surface area contributed by atoms with Gasteiger partial charge in [-0.3, -0.25) is 5.10 Å². The lowest BCUT2D eigenvalue weighted by Crippen LogP contribution is -2.10. The number of nitrogens with two attached hydrogens (primary N) is 1. The van der Waals surface area contributed by atoms with Crippen LogP contribution in [0.2, 0.25) is 0 Å². The molecule has 2 aliphatic rings. The van der Waals surface area contributed by atoms with E-state index in [1.807, 2.05) is 0 Å². The number of benzene rings is 1. The zero-order chi connectivity index (χ0) is 14.6. The Bertz CT molecular complexity index is 675. The van der Waals surface area contributed by atoms with Crippen LogP contribution < -0.4 is 5.73 Å². The summed E-state index contributed by atoms with van der Waals surface area (Å²) in [6.07, 6.45) is 4.90. The van der Waals surface area contributed by atoms with Crippen LogP contribution >= 0.6 is 0 Å². The molecule has 3 atom stereocenters. The summed E-state index contributed by atoms with van der Waals surface area (Å²) in [5.41, 5.74) is 8.04. The normalized spacial score (nSPS) is 27.4. The Kier molecular flexibility index (Phi) is 2.77. The van der Waals surface area contributed by atoms with Crippen molar-refractivity contribution in [3.63, 3.8) is 0 Å². The quantitative estimate of drug-likeness (QED) is 0.882. The first-order chi connectivity index (χ1) is 10.1. The summed E-state index contributed by atoms with van der Waals surface area (Å²) in [5, 5.41) is 7.11. The number of hydrogen-bond donors (Lipinski definition) is 2. The first-order valence-corrected chi connectivity index (χ1v) is 7.42. The van der Waals surface area contributed by atoms with Crippen molar-refractivity contribution >= 4 is 5.82 Å². The lowest BCUT2D eigenvalue weighted by Gasteiger charge is -2.21. The lowest BCUT2D eigenvalue weighted by molar-refractivity contribution is 0.413. The van der Waals surface area contributed by atoms with Crippen molar-refractivity contribution in [1.29, 1.82) is 0 Å². The summed E-state index contributed by atoms with van der Waals surface area (Å²) in [6.45, 7) is 0. The van der Waals surface area contributed by atoms with Crippen molar-refractivity contribution in [2.45, 2.75) is 31.6 Å². The third kappa shape index (κ3) is 2.03. The van der Waals surface area contributed by atoms with Gasteiger partial charge in [0.05, 0.1) is 0 Å². The molecule has 3 N–H and O–H groups in total. The molecule has 0 radical (unpaired) electrons. The summed E-state index contributed by atoms with van der Waals surface area (Å²) in [6, 6.07) is 3.51. The van der Waals surface area contributed by atoms with Crippen molar-refractivity contribution in [1.82, 2.24) is 10.2 Å². The van der Waals surface area contributed by atoms with Gasteiger partial charge in [-0.2, -0.15) is 5.10 Å². The fraction of sp³-hybridized carbons (Fsp3) is 0.438. The monoisotopic (exact) mass is 289 g/mol. The van der Waals surface area contributed by atoms with Crippen LogP contribution in [0.15, 0.2) is 18.2 Å². The molecule has 2 aromatic rings. The van der Waals surface area contributed by atoms with Crippen LogP contribution in [-0.4, -0.2) is 10.2 Å². The average molecular weight is 289 g/mol. The van der Waals surface area contributed by atoms with Gasteiger partial charge in [0.25, 0.3) is 0 Å². The number of aromatic nitrogens is 2. The van der Waals surface area contributed by atoms with Gasteiger partial charge in [-0.1, -0.05) is 6.42 Å². The van der Waals surface area contributed by atoms with Gasteiger partial charge in [0.15, 0.2) is 5.82 Å². The topological polar surface area (TPSA) is 54.7 Å². The standard InChI is InChI=1S/C16H17F2N3/c17-11-5-10(6-12(18)7-11)14-15(20-21-16(14)19)13-4-8-1-2-9(13)3-8/h5-9,13H,1-4H2,(H3,19,20,21). The predicted octanol–water partition coefficient (Wildman–Crippen LogP) is 3.84. The summed E-state index contributed by atoms with van der Waals surface area (Å²) in [4.78, 5) is 0. The SMILES string of the molecule is Nc1n[nH]c(C2CC3CCC2C3)c1-c1cc(F)cc(F)c1. The van der Waals surface area contributed by atoms with Crippen LogP contribution in [-0.2, 0) is 0 Å². The molecule has 1 heterocycles. The van der Waals surface area contributed by atoms with Gasteiger partial charge in [0.1, 0.15) is 11.6 Å². The highest BCUT2D eigenvalue weighted by molar-refractivity contribution is 5.77. The molecule has 0 amide bonds. The first-order valence-electron chi connectivity index (χ1n) is 7.42. The van der Waals surface area contributed by atoms with Gasteiger partial charge in [-0.05, 0) is 48.8 Å². The lowest BCUT2D eigenvalue weighted by atomic mass is 9.84. The van der Waals surface area contributed by atoms with Crippen LogP contribution in [0.4, 0.5) is 14.6 Å². The second-order valence-electron chi connectivity index (χ2n) is 6.34. The summed E-state index contributed by atoms with van der Waals surface area (Å²) < 4.78 is 27.0. The van der Waals surface area contributed by atoms with Gasteiger partial charge >= 0.3 is 0 Å². The van der Waals surface area contributed by atoms with Crippen LogP contribution in [0.5, 0.6) is 0 Å². The first kappa shape index (κ1) is 12.8. The molecule has 1 aromatic heterocycles. The van der Waals surface area contributed by atoms with E-state index in [2.05, 4.69) is 10.2 Å². The van der Waals surface area contributed by atoms with Gasteiger partial charge in [-0.25, -0.2) is 8.78 Å². The molecule has 2 saturated carbocycles. The van der Waals surface area contributed by atoms with E-state index in [0.29, 0.717) is 28.8 Å². The predicted molar refractivity (Wildman–Crippen MR) is 76.5 cm³/mol. The smallest absolute Gasteiger partial charge is 0.153 e. The van der Waals surface area contributed by atoms with Crippen molar-refractivity contribution in [3.05, 3.63) is 35.5 Å². The van der Waals surface area contributed by atoms with Crippen LogP contribution in [0.25, 0.3) is 11.1 Å². The van der Waals surface area contributed by atoms with Crippen LogP contribution in [0.3, 0.4) is 0 Å². The van der Waals surface area contributed by atoms with Crippen molar-refractivity contribution in [2.24, 2.45) is 11.8 Å². The molecule has 2 fully saturated rings. The number of nitrogens with zero attached hydrogens (tertiary/aromatic N) is 1. The Morgan fingerprint density at radius 1 is 1.10 bits per heavy atom. The highest BCUT2D eigenvalue weighted by atomic mass is 19.1. The van der Waals surface area contributed by atoms with E-state index >= 15 is 0 Å². The molecule has 0 saturated heterocycles. The number of nitrogens with one attached hydrogen (secondary N) is 1. The van der Waals surface area contributed by atoms with E-state index in [1.165, 1.54) is 31.4 Å².